The molecule has 0 unspecified atom stereocenters. The molecule has 0 fully saturated rings. The van der Waals surface area contributed by atoms with Crippen molar-refractivity contribution in [3.63, 3.8) is 0 Å². The number of hydrogen-bond donors (Lipinski definition) is 1. The molecule has 0 aliphatic rings. The Morgan fingerprint density at radius 3 is 2.58 bits per heavy atom. The molecule has 1 aromatic carbocycles. The van der Waals surface area contributed by atoms with E-state index < -0.39 is 0 Å². The minimum atomic E-state index is -0.188. The van der Waals surface area contributed by atoms with Gasteiger partial charge in [0.1, 0.15) is 11.6 Å². The van der Waals surface area contributed by atoms with Gasteiger partial charge in [0, 0.05) is 26.3 Å². The molecule has 0 spiro atoms. The van der Waals surface area contributed by atoms with Crippen molar-refractivity contribution in [3.05, 3.63) is 59.5 Å². The zero-order valence-corrected chi connectivity index (χ0v) is 11.2. The zero-order chi connectivity index (χ0) is 13.7. The van der Waals surface area contributed by atoms with Gasteiger partial charge in [0.25, 0.3) is 0 Å². The number of hydrogen-bond acceptors (Lipinski definition) is 3. The van der Waals surface area contributed by atoms with Gasteiger partial charge in [-0.25, -0.2) is 9.37 Å². The van der Waals surface area contributed by atoms with Crippen molar-refractivity contribution in [2.75, 3.05) is 19.4 Å². The molecule has 1 heterocycles. The lowest BCUT2D eigenvalue weighted by Gasteiger charge is -2.17. The lowest BCUT2D eigenvalue weighted by Crippen LogP contribution is -2.17. The van der Waals surface area contributed by atoms with Crippen LogP contribution in [0.25, 0.3) is 0 Å². The Bertz CT molecular complexity index is 542. The topological polar surface area (TPSA) is 28.2 Å². The van der Waals surface area contributed by atoms with Crippen LogP contribution in [0.1, 0.15) is 11.1 Å². The third-order valence-electron chi connectivity index (χ3n) is 2.87. The number of aromatic nitrogens is 1. The molecular formula is C15H18FN3. The van der Waals surface area contributed by atoms with Crippen molar-refractivity contribution >= 4 is 5.82 Å². The fourth-order valence-electron chi connectivity index (χ4n) is 2.02. The largest absolute Gasteiger partial charge is 0.373 e. The standard InChI is InChI=1S/C15H18FN3/c1-17-15-9-13(6-7-18-15)11-19(2)10-12-4-3-5-14(16)8-12/h3-9H,10-11H2,1-2H3,(H,17,18). The highest BCUT2D eigenvalue weighted by atomic mass is 19.1. The highest BCUT2D eigenvalue weighted by Crippen LogP contribution is 2.11. The van der Waals surface area contributed by atoms with E-state index in [-0.39, 0.29) is 5.82 Å². The van der Waals surface area contributed by atoms with Crippen LogP contribution < -0.4 is 5.32 Å². The van der Waals surface area contributed by atoms with Crippen LogP contribution in [0.2, 0.25) is 0 Å². The SMILES string of the molecule is CNc1cc(CN(C)Cc2cccc(F)c2)ccn1. The zero-order valence-electron chi connectivity index (χ0n) is 11.2. The molecule has 0 amide bonds. The molecule has 0 bridgehead atoms. The first-order valence-corrected chi connectivity index (χ1v) is 6.23. The second kappa shape index (κ2) is 6.29. The molecule has 3 nitrogen and oxygen atoms in total. The number of nitrogens with one attached hydrogen (secondary N) is 1. The van der Waals surface area contributed by atoms with Crippen molar-refractivity contribution in [2.45, 2.75) is 13.1 Å². The lowest BCUT2D eigenvalue weighted by molar-refractivity contribution is 0.318. The van der Waals surface area contributed by atoms with Gasteiger partial charge in [-0.05, 0) is 42.4 Å². The van der Waals surface area contributed by atoms with Crippen molar-refractivity contribution in [3.8, 4) is 0 Å². The van der Waals surface area contributed by atoms with Gasteiger partial charge in [-0.1, -0.05) is 12.1 Å². The van der Waals surface area contributed by atoms with Gasteiger partial charge in [-0.2, -0.15) is 0 Å². The van der Waals surface area contributed by atoms with Gasteiger partial charge in [-0.15, -0.1) is 0 Å². The number of rotatable bonds is 5. The van der Waals surface area contributed by atoms with Crippen LogP contribution in [0.3, 0.4) is 0 Å². The summed E-state index contributed by atoms with van der Waals surface area (Å²) in [5.74, 6) is 0.670. The van der Waals surface area contributed by atoms with Gasteiger partial charge < -0.3 is 5.32 Å². The minimum Gasteiger partial charge on any atom is -0.373 e. The van der Waals surface area contributed by atoms with E-state index in [9.17, 15) is 4.39 Å². The molecule has 0 atom stereocenters. The van der Waals surface area contributed by atoms with Crippen molar-refractivity contribution in [2.24, 2.45) is 0 Å². The monoisotopic (exact) mass is 259 g/mol. The van der Waals surface area contributed by atoms with Crippen LogP contribution in [0.15, 0.2) is 42.6 Å². The van der Waals surface area contributed by atoms with Gasteiger partial charge in [-0.3, -0.25) is 4.90 Å². The van der Waals surface area contributed by atoms with Crippen molar-refractivity contribution in [1.29, 1.82) is 0 Å². The summed E-state index contributed by atoms with van der Waals surface area (Å²) in [6.07, 6.45) is 1.79. The molecule has 100 valence electrons. The molecule has 2 rings (SSSR count). The number of anilines is 1. The van der Waals surface area contributed by atoms with Crippen LogP contribution in [0.5, 0.6) is 0 Å². The van der Waals surface area contributed by atoms with E-state index in [0.717, 1.165) is 24.5 Å². The van der Waals surface area contributed by atoms with Gasteiger partial charge in [0.15, 0.2) is 0 Å². The van der Waals surface area contributed by atoms with E-state index in [1.54, 1.807) is 18.3 Å². The van der Waals surface area contributed by atoms with Crippen molar-refractivity contribution < 1.29 is 4.39 Å². The maximum absolute atomic E-state index is 13.1. The summed E-state index contributed by atoms with van der Waals surface area (Å²) in [5, 5.41) is 3.02. The molecule has 1 N–H and O–H groups in total. The van der Waals surface area contributed by atoms with Crippen LogP contribution in [-0.2, 0) is 13.1 Å². The normalized spacial score (nSPS) is 10.7. The van der Waals surface area contributed by atoms with Gasteiger partial charge >= 0.3 is 0 Å². The fourth-order valence-corrected chi connectivity index (χ4v) is 2.02. The Kier molecular flexibility index (Phi) is 4.47. The Balaban J connectivity index is 1.98. The van der Waals surface area contributed by atoms with E-state index in [1.165, 1.54) is 11.6 Å². The number of halogens is 1. The summed E-state index contributed by atoms with van der Waals surface area (Å²) in [5.41, 5.74) is 2.16. The van der Waals surface area contributed by atoms with Gasteiger partial charge in [0.2, 0.25) is 0 Å². The Morgan fingerprint density at radius 1 is 1.16 bits per heavy atom. The molecule has 0 saturated carbocycles. The summed E-state index contributed by atoms with van der Waals surface area (Å²) in [4.78, 5) is 6.32. The first-order chi connectivity index (χ1) is 9.17. The molecule has 0 aliphatic heterocycles. The quantitative estimate of drug-likeness (QED) is 0.895. The average Bonchev–Trinajstić information content (AvgIpc) is 2.38. The second-order valence-corrected chi connectivity index (χ2v) is 4.60. The maximum atomic E-state index is 13.1. The predicted octanol–water partition coefficient (Wildman–Crippen LogP) is 2.89. The molecule has 0 aliphatic carbocycles. The van der Waals surface area contributed by atoms with E-state index >= 15 is 0 Å². The molecule has 2 aromatic rings. The molecule has 0 radical (unpaired) electrons. The maximum Gasteiger partial charge on any atom is 0.125 e. The van der Waals surface area contributed by atoms with E-state index in [0.29, 0.717) is 0 Å². The Hall–Kier alpha value is -1.94. The molecular weight excluding hydrogens is 241 g/mol. The highest BCUT2D eigenvalue weighted by molar-refractivity contribution is 5.36. The summed E-state index contributed by atoms with van der Waals surface area (Å²) in [7, 11) is 3.87. The summed E-state index contributed by atoms with van der Waals surface area (Å²) < 4.78 is 13.1. The Labute approximate surface area is 113 Å². The summed E-state index contributed by atoms with van der Waals surface area (Å²) >= 11 is 0. The third-order valence-corrected chi connectivity index (χ3v) is 2.87. The molecule has 4 heteroatoms. The molecule has 0 saturated heterocycles. The van der Waals surface area contributed by atoms with E-state index in [2.05, 4.69) is 15.2 Å². The van der Waals surface area contributed by atoms with Crippen LogP contribution >= 0.6 is 0 Å². The van der Waals surface area contributed by atoms with Crippen LogP contribution in [0.4, 0.5) is 10.2 Å². The van der Waals surface area contributed by atoms with E-state index in [1.807, 2.05) is 32.3 Å². The highest BCUT2D eigenvalue weighted by Gasteiger charge is 2.03. The summed E-state index contributed by atoms with van der Waals surface area (Å²) in [6, 6.07) is 10.7. The van der Waals surface area contributed by atoms with Crippen LogP contribution in [0, 0.1) is 5.82 Å². The minimum absolute atomic E-state index is 0.188. The number of benzene rings is 1. The summed E-state index contributed by atoms with van der Waals surface area (Å²) in [6.45, 7) is 1.52. The molecule has 1 aromatic heterocycles. The van der Waals surface area contributed by atoms with Crippen LogP contribution in [-0.4, -0.2) is 24.0 Å². The molecule has 19 heavy (non-hydrogen) atoms. The first-order valence-electron chi connectivity index (χ1n) is 6.23. The smallest absolute Gasteiger partial charge is 0.125 e. The van der Waals surface area contributed by atoms with Gasteiger partial charge in [0.05, 0.1) is 0 Å². The number of nitrogens with zero attached hydrogens (tertiary/aromatic N) is 2. The van der Waals surface area contributed by atoms with Crippen molar-refractivity contribution in [1.82, 2.24) is 9.88 Å². The average molecular weight is 259 g/mol. The lowest BCUT2D eigenvalue weighted by atomic mass is 10.2. The third kappa shape index (κ3) is 4.03. The van der Waals surface area contributed by atoms with E-state index in [4.69, 9.17) is 0 Å². The second-order valence-electron chi connectivity index (χ2n) is 4.60. The fraction of sp³-hybridized carbons (Fsp3) is 0.267. The Morgan fingerprint density at radius 2 is 1.89 bits per heavy atom. The first kappa shape index (κ1) is 13.5. The predicted molar refractivity (Wildman–Crippen MR) is 75.4 cm³/mol. The number of pyridine rings is 1.